The summed E-state index contributed by atoms with van der Waals surface area (Å²) >= 11 is 6.33. The molecule has 3 rings (SSSR count). The van der Waals surface area contributed by atoms with Crippen molar-refractivity contribution in [1.29, 1.82) is 0 Å². The maximum atomic E-state index is 12.9. The first-order valence-corrected chi connectivity index (χ1v) is 9.05. The van der Waals surface area contributed by atoms with Crippen molar-refractivity contribution in [3.63, 3.8) is 0 Å². The van der Waals surface area contributed by atoms with Crippen LogP contribution in [0.5, 0.6) is 0 Å². The second kappa shape index (κ2) is 5.49. The van der Waals surface area contributed by atoms with Crippen molar-refractivity contribution in [3.05, 3.63) is 42.5 Å². The number of sulfonamides is 1. The summed E-state index contributed by atoms with van der Waals surface area (Å²) in [6.07, 6.45) is 0. The van der Waals surface area contributed by atoms with Crippen LogP contribution in [0.2, 0.25) is 0 Å². The first kappa shape index (κ1) is 15.7. The van der Waals surface area contributed by atoms with Gasteiger partial charge in [-0.05, 0) is 36.8 Å². The Morgan fingerprint density at radius 3 is 2.59 bits per heavy atom. The number of rotatable bonds is 2. The molecule has 1 heterocycles. The van der Waals surface area contributed by atoms with Crippen LogP contribution in [-0.4, -0.2) is 36.9 Å². The van der Waals surface area contributed by atoms with Gasteiger partial charge in [0.05, 0.1) is 4.90 Å². The van der Waals surface area contributed by atoms with Crippen molar-refractivity contribution in [1.82, 2.24) is 9.62 Å². The maximum Gasteiger partial charge on any atom is 0.243 e. The van der Waals surface area contributed by atoms with Crippen molar-refractivity contribution in [2.45, 2.75) is 29.8 Å². The summed E-state index contributed by atoms with van der Waals surface area (Å²) in [5.74, 6) is 0. The largest absolute Gasteiger partial charge is 0.294 e. The highest BCUT2D eigenvalue weighted by molar-refractivity contribution is 7.89. The molecular formula is C16H19ClN2O2S. The predicted octanol–water partition coefficient (Wildman–Crippen LogP) is 2.78. The first-order chi connectivity index (χ1) is 10.3. The van der Waals surface area contributed by atoms with E-state index in [4.69, 9.17) is 11.6 Å². The minimum Gasteiger partial charge on any atom is -0.294 e. The number of fused-ring (bicyclic) bond motifs is 1. The van der Waals surface area contributed by atoms with Crippen molar-refractivity contribution >= 4 is 32.4 Å². The van der Waals surface area contributed by atoms with Crippen LogP contribution < -0.4 is 5.32 Å². The zero-order chi connectivity index (χ0) is 16.0. The van der Waals surface area contributed by atoms with E-state index in [2.05, 4.69) is 5.32 Å². The molecule has 1 N–H and O–H groups in total. The molecule has 0 aliphatic carbocycles. The Balaban J connectivity index is 2.00. The van der Waals surface area contributed by atoms with Gasteiger partial charge in [-0.25, -0.2) is 8.42 Å². The average Bonchev–Trinajstić information content (AvgIpc) is 2.44. The van der Waals surface area contributed by atoms with Crippen LogP contribution in [0.1, 0.15) is 13.8 Å². The normalized spacial score (nSPS) is 27.1. The van der Waals surface area contributed by atoms with Crippen LogP contribution in [-0.2, 0) is 10.0 Å². The molecule has 0 radical (unpaired) electrons. The number of benzene rings is 2. The highest BCUT2D eigenvalue weighted by Gasteiger charge is 2.38. The van der Waals surface area contributed by atoms with Crippen LogP contribution in [0, 0.1) is 0 Å². The summed E-state index contributed by atoms with van der Waals surface area (Å²) in [6, 6.07) is 13.0. The smallest absolute Gasteiger partial charge is 0.243 e. The summed E-state index contributed by atoms with van der Waals surface area (Å²) in [5, 5.41) is 5.14. The molecule has 0 bridgehead atoms. The third-order valence-corrected chi connectivity index (χ3v) is 5.89. The second-order valence-corrected chi connectivity index (χ2v) is 8.82. The van der Waals surface area contributed by atoms with Gasteiger partial charge in [0, 0.05) is 19.1 Å². The van der Waals surface area contributed by atoms with Gasteiger partial charge < -0.3 is 0 Å². The summed E-state index contributed by atoms with van der Waals surface area (Å²) in [4.78, 5) is -0.436. The van der Waals surface area contributed by atoms with Gasteiger partial charge in [0.15, 0.2) is 0 Å². The Morgan fingerprint density at radius 2 is 1.91 bits per heavy atom. The van der Waals surface area contributed by atoms with Gasteiger partial charge >= 0.3 is 0 Å². The van der Waals surface area contributed by atoms with Gasteiger partial charge in [0.1, 0.15) is 5.00 Å². The lowest BCUT2D eigenvalue weighted by atomic mass is 10.1. The van der Waals surface area contributed by atoms with Gasteiger partial charge in [-0.1, -0.05) is 30.3 Å². The van der Waals surface area contributed by atoms with Gasteiger partial charge in [0.2, 0.25) is 10.0 Å². The molecule has 0 aromatic heterocycles. The minimum absolute atomic E-state index is 0.00600. The van der Waals surface area contributed by atoms with Crippen molar-refractivity contribution in [2.24, 2.45) is 0 Å². The molecule has 0 saturated carbocycles. The average molecular weight is 339 g/mol. The fourth-order valence-electron chi connectivity index (χ4n) is 2.97. The first-order valence-electron chi connectivity index (χ1n) is 7.23. The van der Waals surface area contributed by atoms with E-state index in [0.29, 0.717) is 11.4 Å². The number of hydrogen-bond donors (Lipinski definition) is 1. The molecule has 1 fully saturated rings. The highest BCUT2D eigenvalue weighted by Crippen LogP contribution is 2.26. The molecule has 2 atom stereocenters. The van der Waals surface area contributed by atoms with E-state index in [0.717, 1.165) is 10.8 Å². The van der Waals surface area contributed by atoms with Gasteiger partial charge in [-0.15, -0.1) is 11.6 Å². The molecule has 0 amide bonds. The Kier molecular flexibility index (Phi) is 3.93. The third kappa shape index (κ3) is 2.99. The standard InChI is InChI=1S/C16H19ClN2O2S/c1-12-10-19(11-16(2,17)18-12)22(20,21)15-8-7-13-5-3-4-6-14(13)9-15/h3-9,12,18H,10-11H2,1-2H3/t12-,16-/m1/s1. The number of nitrogens with one attached hydrogen (secondary N) is 1. The summed E-state index contributed by atoms with van der Waals surface area (Å²) < 4.78 is 27.3. The lowest BCUT2D eigenvalue weighted by molar-refractivity contribution is 0.238. The zero-order valence-corrected chi connectivity index (χ0v) is 14.2. The van der Waals surface area contributed by atoms with Crippen LogP contribution >= 0.6 is 11.6 Å². The molecule has 6 heteroatoms. The van der Waals surface area contributed by atoms with E-state index in [1.54, 1.807) is 19.1 Å². The van der Waals surface area contributed by atoms with E-state index >= 15 is 0 Å². The fourth-order valence-corrected chi connectivity index (χ4v) is 5.03. The third-order valence-electron chi connectivity index (χ3n) is 3.86. The molecule has 118 valence electrons. The van der Waals surface area contributed by atoms with E-state index in [9.17, 15) is 8.42 Å². The lowest BCUT2D eigenvalue weighted by Gasteiger charge is -2.40. The lowest BCUT2D eigenvalue weighted by Crippen LogP contribution is -2.60. The SMILES string of the molecule is C[C@@H]1CN(S(=O)(=O)c2ccc3ccccc3c2)C[C@](C)(Cl)N1. The number of hydrogen-bond acceptors (Lipinski definition) is 3. The summed E-state index contributed by atoms with van der Waals surface area (Å²) in [7, 11) is -3.55. The summed E-state index contributed by atoms with van der Waals surface area (Å²) in [6.45, 7) is 4.39. The zero-order valence-electron chi connectivity index (χ0n) is 12.6. The van der Waals surface area contributed by atoms with Crippen LogP contribution in [0.15, 0.2) is 47.4 Å². The monoisotopic (exact) mass is 338 g/mol. The van der Waals surface area contributed by atoms with Gasteiger partial charge in [0.25, 0.3) is 0 Å². The van der Waals surface area contributed by atoms with Gasteiger partial charge in [-0.3, -0.25) is 5.32 Å². The quantitative estimate of drug-likeness (QED) is 0.676. The van der Waals surface area contributed by atoms with Crippen molar-refractivity contribution in [2.75, 3.05) is 13.1 Å². The molecule has 0 unspecified atom stereocenters. The topological polar surface area (TPSA) is 49.4 Å². The maximum absolute atomic E-state index is 12.9. The minimum atomic E-state index is -3.55. The summed E-state index contributed by atoms with van der Waals surface area (Å²) in [5.41, 5.74) is 0. The molecule has 1 saturated heterocycles. The van der Waals surface area contributed by atoms with E-state index in [-0.39, 0.29) is 12.6 Å². The molecule has 0 spiro atoms. The van der Waals surface area contributed by atoms with Crippen molar-refractivity contribution < 1.29 is 8.42 Å². The fraction of sp³-hybridized carbons (Fsp3) is 0.375. The van der Waals surface area contributed by atoms with Crippen LogP contribution in [0.3, 0.4) is 0 Å². The Bertz CT molecular complexity index is 805. The van der Waals surface area contributed by atoms with E-state index in [1.165, 1.54) is 4.31 Å². The molecule has 2 aromatic carbocycles. The van der Waals surface area contributed by atoms with E-state index < -0.39 is 15.0 Å². The van der Waals surface area contributed by atoms with Crippen LogP contribution in [0.4, 0.5) is 0 Å². The Labute approximate surface area is 136 Å². The Morgan fingerprint density at radius 1 is 1.23 bits per heavy atom. The molecule has 4 nitrogen and oxygen atoms in total. The van der Waals surface area contributed by atoms with E-state index in [1.807, 2.05) is 37.3 Å². The predicted molar refractivity (Wildman–Crippen MR) is 89.6 cm³/mol. The number of halogens is 1. The highest BCUT2D eigenvalue weighted by atomic mass is 35.5. The number of piperazine rings is 1. The molecule has 1 aliphatic rings. The van der Waals surface area contributed by atoms with Crippen molar-refractivity contribution in [3.8, 4) is 0 Å². The molecule has 22 heavy (non-hydrogen) atoms. The molecule has 1 aliphatic heterocycles. The second-order valence-electron chi connectivity index (χ2n) is 6.05. The molecule has 2 aromatic rings. The van der Waals surface area contributed by atoms with Crippen LogP contribution in [0.25, 0.3) is 10.8 Å². The van der Waals surface area contributed by atoms with Gasteiger partial charge in [-0.2, -0.15) is 4.31 Å². The molecular weight excluding hydrogens is 320 g/mol. The number of nitrogens with zero attached hydrogens (tertiary/aromatic N) is 1. The number of alkyl halides is 1. The Hall–Kier alpha value is -1.14.